The number of methoxy groups -OCH3 is 1. The molecule has 0 bridgehead atoms. The van der Waals surface area contributed by atoms with Crippen molar-refractivity contribution in [1.82, 2.24) is 14.5 Å². The number of anilines is 1. The molecule has 0 saturated heterocycles. The largest absolute Gasteiger partial charge is 0.481 e. The van der Waals surface area contributed by atoms with Crippen molar-refractivity contribution in [3.63, 3.8) is 0 Å². The van der Waals surface area contributed by atoms with Gasteiger partial charge in [0.1, 0.15) is 0 Å². The summed E-state index contributed by atoms with van der Waals surface area (Å²) >= 11 is 0. The van der Waals surface area contributed by atoms with Gasteiger partial charge in [-0.25, -0.2) is 9.97 Å². The first kappa shape index (κ1) is 12.9. The van der Waals surface area contributed by atoms with Gasteiger partial charge in [0.2, 0.25) is 11.8 Å². The van der Waals surface area contributed by atoms with Gasteiger partial charge in [0.25, 0.3) is 0 Å². The number of nitrogens with two attached hydrogens (primary N) is 1. The Morgan fingerprint density at radius 1 is 1.33 bits per heavy atom. The molecular weight excluding hydrogens is 266 g/mol. The number of fused-ring (bicyclic) bond motifs is 1. The lowest BCUT2D eigenvalue weighted by Gasteiger charge is -2.07. The zero-order valence-corrected chi connectivity index (χ0v) is 11.4. The van der Waals surface area contributed by atoms with Crippen LogP contribution in [-0.4, -0.2) is 21.6 Å². The standard InChI is InChI=1S/C15H13N5O/c1-21-14-7-11(4-5-18-14)9-20-13-6-10(8-16)2-3-12(13)19-15(20)17/h2-7H,9H2,1H3,(H2,17,19). The van der Waals surface area contributed by atoms with E-state index >= 15 is 0 Å². The maximum absolute atomic E-state index is 9.02. The smallest absolute Gasteiger partial charge is 0.213 e. The summed E-state index contributed by atoms with van der Waals surface area (Å²) < 4.78 is 6.98. The van der Waals surface area contributed by atoms with Gasteiger partial charge < -0.3 is 15.0 Å². The van der Waals surface area contributed by atoms with Crippen LogP contribution in [0.4, 0.5) is 5.95 Å². The summed E-state index contributed by atoms with van der Waals surface area (Å²) in [5, 5.41) is 9.02. The van der Waals surface area contributed by atoms with E-state index in [-0.39, 0.29) is 0 Å². The number of nitriles is 1. The molecule has 6 heteroatoms. The van der Waals surface area contributed by atoms with Gasteiger partial charge >= 0.3 is 0 Å². The average molecular weight is 279 g/mol. The quantitative estimate of drug-likeness (QED) is 0.791. The van der Waals surface area contributed by atoms with E-state index in [1.165, 1.54) is 0 Å². The van der Waals surface area contributed by atoms with Gasteiger partial charge in [0.05, 0.1) is 36.3 Å². The second-order valence-electron chi connectivity index (χ2n) is 4.58. The summed E-state index contributed by atoms with van der Waals surface area (Å²) in [5.74, 6) is 0.962. The van der Waals surface area contributed by atoms with Gasteiger partial charge in [-0.3, -0.25) is 0 Å². The van der Waals surface area contributed by atoms with Crippen LogP contribution < -0.4 is 10.5 Å². The van der Waals surface area contributed by atoms with E-state index in [1.54, 1.807) is 31.5 Å². The van der Waals surface area contributed by atoms with Gasteiger partial charge in [-0.2, -0.15) is 5.26 Å². The normalized spacial score (nSPS) is 10.5. The topological polar surface area (TPSA) is 89.8 Å². The highest BCUT2D eigenvalue weighted by Gasteiger charge is 2.10. The minimum Gasteiger partial charge on any atom is -0.481 e. The van der Waals surface area contributed by atoms with E-state index in [9.17, 15) is 0 Å². The third-order valence-electron chi connectivity index (χ3n) is 3.26. The van der Waals surface area contributed by atoms with Crippen LogP contribution >= 0.6 is 0 Å². The molecule has 6 nitrogen and oxygen atoms in total. The number of benzene rings is 1. The molecule has 0 aliphatic heterocycles. The Balaban J connectivity index is 2.07. The molecule has 3 rings (SSSR count). The van der Waals surface area contributed by atoms with Crippen LogP contribution in [0.5, 0.6) is 5.88 Å². The number of rotatable bonds is 3. The molecule has 21 heavy (non-hydrogen) atoms. The molecule has 2 N–H and O–H groups in total. The Kier molecular flexibility index (Phi) is 3.16. The van der Waals surface area contributed by atoms with Crippen molar-refractivity contribution in [2.24, 2.45) is 0 Å². The lowest BCUT2D eigenvalue weighted by atomic mass is 10.2. The fraction of sp³-hybridized carbons (Fsp3) is 0.133. The minimum absolute atomic E-state index is 0.413. The minimum atomic E-state index is 0.413. The number of imidazole rings is 1. The molecule has 2 aromatic heterocycles. The molecule has 104 valence electrons. The molecule has 0 radical (unpaired) electrons. The van der Waals surface area contributed by atoms with Crippen molar-refractivity contribution in [2.75, 3.05) is 12.8 Å². The number of hydrogen-bond donors (Lipinski definition) is 1. The number of pyridine rings is 1. The highest BCUT2D eigenvalue weighted by atomic mass is 16.5. The van der Waals surface area contributed by atoms with Crippen molar-refractivity contribution >= 4 is 17.0 Å². The molecule has 2 heterocycles. The molecular formula is C15H13N5O. The maximum Gasteiger partial charge on any atom is 0.213 e. The summed E-state index contributed by atoms with van der Waals surface area (Å²) in [7, 11) is 1.58. The first-order valence-corrected chi connectivity index (χ1v) is 6.36. The predicted molar refractivity (Wildman–Crippen MR) is 78.8 cm³/mol. The molecule has 0 amide bonds. The lowest BCUT2D eigenvalue weighted by molar-refractivity contribution is 0.397. The zero-order valence-electron chi connectivity index (χ0n) is 11.4. The Morgan fingerprint density at radius 3 is 2.95 bits per heavy atom. The average Bonchev–Trinajstić information content (AvgIpc) is 2.82. The summed E-state index contributed by atoms with van der Waals surface area (Å²) in [6.07, 6.45) is 1.68. The fourth-order valence-corrected chi connectivity index (χ4v) is 2.22. The molecule has 1 aromatic carbocycles. The van der Waals surface area contributed by atoms with Crippen molar-refractivity contribution in [3.8, 4) is 11.9 Å². The van der Waals surface area contributed by atoms with Crippen LogP contribution in [0.15, 0.2) is 36.5 Å². The number of aromatic nitrogens is 3. The number of nitrogen functional groups attached to an aromatic ring is 1. The molecule has 0 unspecified atom stereocenters. The Morgan fingerprint density at radius 2 is 2.19 bits per heavy atom. The third-order valence-corrected chi connectivity index (χ3v) is 3.26. The Hall–Kier alpha value is -3.07. The van der Waals surface area contributed by atoms with Crippen LogP contribution in [0.1, 0.15) is 11.1 Å². The highest BCUT2D eigenvalue weighted by Crippen LogP contribution is 2.21. The summed E-state index contributed by atoms with van der Waals surface area (Å²) in [4.78, 5) is 8.39. The molecule has 0 saturated carbocycles. The monoisotopic (exact) mass is 279 g/mol. The van der Waals surface area contributed by atoms with Gasteiger partial charge in [0.15, 0.2) is 0 Å². The van der Waals surface area contributed by atoms with Crippen LogP contribution in [0, 0.1) is 11.3 Å². The second-order valence-corrected chi connectivity index (χ2v) is 4.58. The Labute approximate surface area is 121 Å². The lowest BCUT2D eigenvalue weighted by Crippen LogP contribution is -2.05. The van der Waals surface area contributed by atoms with Gasteiger partial charge in [0, 0.05) is 12.3 Å². The molecule has 0 fully saturated rings. The first-order chi connectivity index (χ1) is 10.2. The fourth-order valence-electron chi connectivity index (χ4n) is 2.22. The molecule has 3 aromatic rings. The molecule has 0 aliphatic carbocycles. The van der Waals surface area contributed by atoms with Crippen molar-refractivity contribution in [1.29, 1.82) is 5.26 Å². The summed E-state index contributed by atoms with van der Waals surface area (Å²) in [6.45, 7) is 0.538. The van der Waals surface area contributed by atoms with Gasteiger partial charge in [-0.1, -0.05) is 0 Å². The van der Waals surface area contributed by atoms with E-state index in [2.05, 4.69) is 16.0 Å². The molecule has 0 atom stereocenters. The van der Waals surface area contributed by atoms with Crippen LogP contribution in [0.3, 0.4) is 0 Å². The van der Waals surface area contributed by atoms with Gasteiger partial charge in [-0.15, -0.1) is 0 Å². The van der Waals surface area contributed by atoms with E-state index in [0.29, 0.717) is 23.9 Å². The Bertz CT molecular complexity index is 847. The maximum atomic E-state index is 9.02. The second kappa shape index (κ2) is 5.13. The van der Waals surface area contributed by atoms with Crippen molar-refractivity contribution < 1.29 is 4.74 Å². The highest BCUT2D eigenvalue weighted by molar-refractivity contribution is 5.80. The molecule has 0 spiro atoms. The van der Waals surface area contributed by atoms with Crippen LogP contribution in [0.25, 0.3) is 11.0 Å². The summed E-state index contributed by atoms with van der Waals surface area (Å²) in [5.41, 5.74) is 9.17. The van der Waals surface area contributed by atoms with Gasteiger partial charge in [-0.05, 0) is 29.8 Å². The summed E-state index contributed by atoms with van der Waals surface area (Å²) in [6, 6.07) is 11.2. The van der Waals surface area contributed by atoms with E-state index in [0.717, 1.165) is 16.6 Å². The van der Waals surface area contributed by atoms with E-state index in [1.807, 2.05) is 16.7 Å². The predicted octanol–water partition coefficient (Wildman–Crippen LogP) is 1.94. The van der Waals surface area contributed by atoms with E-state index in [4.69, 9.17) is 15.7 Å². The van der Waals surface area contributed by atoms with Crippen molar-refractivity contribution in [2.45, 2.75) is 6.54 Å². The SMILES string of the molecule is COc1cc(Cn2c(N)nc3ccc(C#N)cc32)ccn1. The third kappa shape index (κ3) is 2.37. The van der Waals surface area contributed by atoms with Crippen molar-refractivity contribution in [3.05, 3.63) is 47.7 Å². The number of hydrogen-bond acceptors (Lipinski definition) is 5. The zero-order chi connectivity index (χ0) is 14.8. The first-order valence-electron chi connectivity index (χ1n) is 6.36. The van der Waals surface area contributed by atoms with E-state index < -0.39 is 0 Å². The van der Waals surface area contributed by atoms with Crippen LogP contribution in [0.2, 0.25) is 0 Å². The molecule has 0 aliphatic rings. The number of nitrogens with zero attached hydrogens (tertiary/aromatic N) is 4. The van der Waals surface area contributed by atoms with Crippen LogP contribution in [-0.2, 0) is 6.54 Å². The number of ether oxygens (including phenoxy) is 1.